The van der Waals surface area contributed by atoms with Gasteiger partial charge in [0.05, 0.1) is 11.2 Å². The van der Waals surface area contributed by atoms with Gasteiger partial charge in [0.25, 0.3) is 0 Å². The number of halogens is 1. The van der Waals surface area contributed by atoms with Crippen LogP contribution >= 0.6 is 0 Å². The van der Waals surface area contributed by atoms with Gasteiger partial charge in [-0.15, -0.1) is 0 Å². The monoisotopic (exact) mass is 205 g/mol. The standard InChI is InChI=1S/C11H12FN3/c1-2-8-6-11(15-13)9-4-3-7(12)5-10(9)14-8/h3-6H,2,13H2,1H3,(H,14,15). The molecule has 1 heterocycles. The lowest BCUT2D eigenvalue weighted by molar-refractivity contribution is 0.629. The Labute approximate surface area is 87.1 Å². The smallest absolute Gasteiger partial charge is 0.125 e. The highest BCUT2D eigenvalue weighted by Gasteiger charge is 2.04. The Balaban J connectivity index is 2.74. The second-order valence-corrected chi connectivity index (χ2v) is 3.32. The second kappa shape index (κ2) is 3.82. The Kier molecular flexibility index (Phi) is 2.51. The van der Waals surface area contributed by atoms with Crippen molar-refractivity contribution in [2.24, 2.45) is 5.84 Å². The molecule has 2 rings (SSSR count). The summed E-state index contributed by atoms with van der Waals surface area (Å²) >= 11 is 0. The van der Waals surface area contributed by atoms with Gasteiger partial charge in [-0.25, -0.2) is 4.39 Å². The molecule has 0 saturated heterocycles. The first kappa shape index (κ1) is 9.86. The highest BCUT2D eigenvalue weighted by atomic mass is 19.1. The first-order chi connectivity index (χ1) is 7.24. The Morgan fingerprint density at radius 2 is 2.20 bits per heavy atom. The number of hydrogen-bond donors (Lipinski definition) is 2. The van der Waals surface area contributed by atoms with E-state index in [-0.39, 0.29) is 5.82 Å². The van der Waals surface area contributed by atoms with E-state index in [9.17, 15) is 4.39 Å². The molecule has 2 aromatic rings. The van der Waals surface area contributed by atoms with Crippen molar-refractivity contribution in [2.75, 3.05) is 5.43 Å². The van der Waals surface area contributed by atoms with Crippen LogP contribution in [0.3, 0.4) is 0 Å². The minimum Gasteiger partial charge on any atom is -0.323 e. The van der Waals surface area contributed by atoms with Crippen LogP contribution in [0, 0.1) is 5.82 Å². The Morgan fingerprint density at radius 3 is 2.87 bits per heavy atom. The van der Waals surface area contributed by atoms with E-state index in [1.54, 1.807) is 6.07 Å². The summed E-state index contributed by atoms with van der Waals surface area (Å²) in [7, 11) is 0. The summed E-state index contributed by atoms with van der Waals surface area (Å²) in [4.78, 5) is 4.33. The molecule has 0 spiro atoms. The van der Waals surface area contributed by atoms with Gasteiger partial charge in [0.1, 0.15) is 5.82 Å². The van der Waals surface area contributed by atoms with Gasteiger partial charge in [-0.3, -0.25) is 10.8 Å². The van der Waals surface area contributed by atoms with E-state index in [2.05, 4.69) is 10.4 Å². The van der Waals surface area contributed by atoms with Crippen molar-refractivity contribution in [1.29, 1.82) is 0 Å². The lowest BCUT2D eigenvalue weighted by Crippen LogP contribution is -2.08. The minimum atomic E-state index is -0.286. The second-order valence-electron chi connectivity index (χ2n) is 3.32. The average molecular weight is 205 g/mol. The van der Waals surface area contributed by atoms with E-state index in [1.807, 2.05) is 13.0 Å². The molecule has 0 unspecified atom stereocenters. The highest BCUT2D eigenvalue weighted by Crippen LogP contribution is 2.23. The molecule has 0 radical (unpaired) electrons. The first-order valence-corrected chi connectivity index (χ1v) is 4.80. The number of nitrogen functional groups attached to an aromatic ring is 1. The van der Waals surface area contributed by atoms with Crippen molar-refractivity contribution in [2.45, 2.75) is 13.3 Å². The van der Waals surface area contributed by atoms with Crippen LogP contribution in [0.25, 0.3) is 10.9 Å². The topological polar surface area (TPSA) is 50.9 Å². The number of aryl methyl sites for hydroxylation is 1. The lowest BCUT2D eigenvalue weighted by Gasteiger charge is -2.07. The molecule has 0 amide bonds. The number of benzene rings is 1. The molecule has 0 aliphatic heterocycles. The normalized spacial score (nSPS) is 10.6. The largest absolute Gasteiger partial charge is 0.323 e. The zero-order valence-electron chi connectivity index (χ0n) is 8.42. The molecular formula is C11H12FN3. The average Bonchev–Trinajstić information content (AvgIpc) is 2.26. The highest BCUT2D eigenvalue weighted by molar-refractivity contribution is 5.91. The molecule has 1 aromatic carbocycles. The number of nitrogens with one attached hydrogen (secondary N) is 1. The molecule has 3 nitrogen and oxygen atoms in total. The molecule has 0 atom stereocenters. The molecule has 0 bridgehead atoms. The molecule has 0 aliphatic carbocycles. The van der Waals surface area contributed by atoms with Crippen LogP contribution in [0.5, 0.6) is 0 Å². The predicted octanol–water partition coefficient (Wildman–Crippen LogP) is 2.22. The van der Waals surface area contributed by atoms with Gasteiger partial charge < -0.3 is 5.43 Å². The number of pyridine rings is 1. The number of hydrazine groups is 1. The fraction of sp³-hybridized carbons (Fsp3) is 0.182. The zero-order valence-corrected chi connectivity index (χ0v) is 8.42. The Hall–Kier alpha value is -1.68. The number of hydrogen-bond acceptors (Lipinski definition) is 3. The van der Waals surface area contributed by atoms with E-state index < -0.39 is 0 Å². The van der Waals surface area contributed by atoms with Gasteiger partial charge in [0.2, 0.25) is 0 Å². The predicted molar refractivity (Wildman–Crippen MR) is 58.9 cm³/mol. The van der Waals surface area contributed by atoms with Gasteiger partial charge >= 0.3 is 0 Å². The molecule has 15 heavy (non-hydrogen) atoms. The molecular weight excluding hydrogens is 193 g/mol. The number of nitrogens with two attached hydrogens (primary N) is 1. The molecule has 3 N–H and O–H groups in total. The van der Waals surface area contributed by atoms with Gasteiger partial charge in [-0.2, -0.15) is 0 Å². The van der Waals surface area contributed by atoms with Crippen molar-refractivity contribution in [3.05, 3.63) is 35.8 Å². The van der Waals surface area contributed by atoms with Crippen molar-refractivity contribution in [3.8, 4) is 0 Å². The van der Waals surface area contributed by atoms with Crippen molar-refractivity contribution >= 4 is 16.6 Å². The molecule has 4 heteroatoms. The number of fused-ring (bicyclic) bond motifs is 1. The fourth-order valence-electron chi connectivity index (χ4n) is 1.56. The van der Waals surface area contributed by atoms with Crippen molar-refractivity contribution in [1.82, 2.24) is 4.98 Å². The fourth-order valence-corrected chi connectivity index (χ4v) is 1.56. The maximum atomic E-state index is 13.0. The Morgan fingerprint density at radius 1 is 1.40 bits per heavy atom. The van der Waals surface area contributed by atoms with E-state index in [0.29, 0.717) is 5.52 Å². The van der Waals surface area contributed by atoms with Crippen LogP contribution in [0.1, 0.15) is 12.6 Å². The van der Waals surface area contributed by atoms with Gasteiger partial charge in [0, 0.05) is 17.1 Å². The van der Waals surface area contributed by atoms with E-state index >= 15 is 0 Å². The number of anilines is 1. The minimum absolute atomic E-state index is 0.286. The zero-order chi connectivity index (χ0) is 10.8. The third-order valence-corrected chi connectivity index (χ3v) is 2.34. The molecule has 0 aliphatic rings. The van der Waals surface area contributed by atoms with Gasteiger partial charge in [-0.05, 0) is 24.6 Å². The van der Waals surface area contributed by atoms with Gasteiger partial charge in [-0.1, -0.05) is 6.92 Å². The molecule has 78 valence electrons. The summed E-state index contributed by atoms with van der Waals surface area (Å²) in [5, 5.41) is 0.830. The summed E-state index contributed by atoms with van der Waals surface area (Å²) in [5.41, 5.74) is 4.89. The summed E-state index contributed by atoms with van der Waals surface area (Å²) in [6, 6.07) is 6.36. The summed E-state index contributed by atoms with van der Waals surface area (Å²) in [5.74, 6) is 5.12. The maximum absolute atomic E-state index is 13.0. The third kappa shape index (κ3) is 1.76. The molecule has 0 saturated carbocycles. The van der Waals surface area contributed by atoms with E-state index in [1.165, 1.54) is 12.1 Å². The summed E-state index contributed by atoms with van der Waals surface area (Å²) in [6.07, 6.45) is 0.793. The van der Waals surface area contributed by atoms with Crippen LogP contribution in [-0.4, -0.2) is 4.98 Å². The maximum Gasteiger partial charge on any atom is 0.125 e. The van der Waals surface area contributed by atoms with E-state index in [4.69, 9.17) is 5.84 Å². The molecule has 0 fully saturated rings. The summed E-state index contributed by atoms with van der Waals surface area (Å²) < 4.78 is 13.0. The summed E-state index contributed by atoms with van der Waals surface area (Å²) in [6.45, 7) is 1.99. The lowest BCUT2D eigenvalue weighted by atomic mass is 10.1. The van der Waals surface area contributed by atoms with Crippen LogP contribution in [-0.2, 0) is 6.42 Å². The van der Waals surface area contributed by atoms with Crippen LogP contribution in [0.4, 0.5) is 10.1 Å². The SMILES string of the molecule is CCc1cc(NN)c2ccc(F)cc2n1. The van der Waals surface area contributed by atoms with Crippen molar-refractivity contribution in [3.63, 3.8) is 0 Å². The number of nitrogens with zero attached hydrogens (tertiary/aromatic N) is 1. The van der Waals surface area contributed by atoms with E-state index in [0.717, 1.165) is 23.2 Å². The van der Waals surface area contributed by atoms with Crippen LogP contribution in [0.2, 0.25) is 0 Å². The first-order valence-electron chi connectivity index (χ1n) is 4.80. The molecule has 1 aromatic heterocycles. The third-order valence-electron chi connectivity index (χ3n) is 2.34. The van der Waals surface area contributed by atoms with Crippen LogP contribution < -0.4 is 11.3 Å². The van der Waals surface area contributed by atoms with Crippen molar-refractivity contribution < 1.29 is 4.39 Å². The van der Waals surface area contributed by atoms with Crippen LogP contribution in [0.15, 0.2) is 24.3 Å². The van der Waals surface area contributed by atoms with Gasteiger partial charge in [0.15, 0.2) is 0 Å². The number of rotatable bonds is 2. The Bertz CT molecular complexity index is 496. The number of aromatic nitrogens is 1. The quantitative estimate of drug-likeness (QED) is 0.584.